The van der Waals surface area contributed by atoms with E-state index in [1.165, 1.54) is 17.0 Å². The molecule has 0 bridgehead atoms. The van der Waals surface area contributed by atoms with E-state index in [0.29, 0.717) is 31.2 Å². The van der Waals surface area contributed by atoms with Gasteiger partial charge in [-0.15, -0.1) is 24.0 Å². The molecule has 2 aromatic rings. The van der Waals surface area contributed by atoms with Gasteiger partial charge in [-0.1, -0.05) is 24.3 Å². The summed E-state index contributed by atoms with van der Waals surface area (Å²) in [6.07, 6.45) is 0.700. The van der Waals surface area contributed by atoms with Crippen LogP contribution in [-0.2, 0) is 17.8 Å². The fourth-order valence-corrected chi connectivity index (χ4v) is 2.54. The molecule has 1 amide bonds. The van der Waals surface area contributed by atoms with E-state index in [1.807, 2.05) is 37.3 Å². The maximum Gasteiger partial charge on any atom is 0.259 e. The summed E-state index contributed by atoms with van der Waals surface area (Å²) in [7, 11) is 3.39. The van der Waals surface area contributed by atoms with Crippen molar-refractivity contribution in [3.05, 3.63) is 65.5 Å². The highest BCUT2D eigenvalue weighted by Crippen LogP contribution is 2.14. The van der Waals surface area contributed by atoms with Crippen LogP contribution < -0.4 is 15.4 Å². The number of carbonyl (C=O) groups excluding carboxylic acids is 1. The summed E-state index contributed by atoms with van der Waals surface area (Å²) in [6, 6.07) is 14.1. The maximum atomic E-state index is 13.3. The zero-order valence-electron chi connectivity index (χ0n) is 17.7. The molecular weight excluding hydrogens is 498 g/mol. The third-order valence-electron chi connectivity index (χ3n) is 4.12. The summed E-state index contributed by atoms with van der Waals surface area (Å²) in [6.45, 7) is 3.85. The largest absolute Gasteiger partial charge is 0.484 e. The summed E-state index contributed by atoms with van der Waals surface area (Å²) in [5, 5.41) is 6.46. The first-order valence-electron chi connectivity index (χ1n) is 9.66. The third kappa shape index (κ3) is 9.43. The molecule has 0 saturated carbocycles. The van der Waals surface area contributed by atoms with E-state index >= 15 is 0 Å². The summed E-state index contributed by atoms with van der Waals surface area (Å²) in [5.41, 5.74) is 1.91. The van der Waals surface area contributed by atoms with Gasteiger partial charge in [-0.3, -0.25) is 4.79 Å². The van der Waals surface area contributed by atoms with Gasteiger partial charge in [0.2, 0.25) is 0 Å². The standard InChI is InChI=1S/C22H29FN4O2.HI/c1-4-24-22(25-12-11-17-7-5-9-19(23)13-17)26-15-18-8-6-10-20(14-18)29-16-21(28)27(2)3;/h5-10,13-14H,4,11-12,15-16H2,1-3H3,(H2,24,25,26);1H. The minimum atomic E-state index is -0.225. The predicted molar refractivity (Wildman–Crippen MR) is 129 cm³/mol. The number of likely N-dealkylation sites (N-methyl/N-ethyl adjacent to an activating group) is 1. The topological polar surface area (TPSA) is 66.0 Å². The molecule has 0 atom stereocenters. The first kappa shape index (κ1) is 25.7. The van der Waals surface area contributed by atoms with Crippen molar-refractivity contribution in [3.8, 4) is 5.75 Å². The molecule has 0 aliphatic rings. The normalized spacial score (nSPS) is 10.7. The molecule has 0 radical (unpaired) electrons. The minimum absolute atomic E-state index is 0. The molecule has 0 saturated heterocycles. The Hall–Kier alpha value is -2.36. The Morgan fingerprint density at radius 3 is 2.53 bits per heavy atom. The van der Waals surface area contributed by atoms with Crippen molar-refractivity contribution in [1.29, 1.82) is 0 Å². The summed E-state index contributed by atoms with van der Waals surface area (Å²) in [4.78, 5) is 17.7. The Kier molecular flexibility index (Phi) is 11.8. The quantitative estimate of drug-likeness (QED) is 0.298. The van der Waals surface area contributed by atoms with Crippen LogP contribution >= 0.6 is 24.0 Å². The number of hydrogen-bond donors (Lipinski definition) is 2. The average molecular weight is 528 g/mol. The lowest BCUT2D eigenvalue weighted by Crippen LogP contribution is -2.38. The van der Waals surface area contributed by atoms with Gasteiger partial charge in [-0.05, 0) is 48.7 Å². The predicted octanol–water partition coefficient (Wildman–Crippen LogP) is 3.21. The number of rotatable bonds is 9. The second-order valence-electron chi connectivity index (χ2n) is 6.73. The molecule has 164 valence electrons. The van der Waals surface area contributed by atoms with E-state index in [4.69, 9.17) is 4.74 Å². The summed E-state index contributed by atoms with van der Waals surface area (Å²) >= 11 is 0. The van der Waals surface area contributed by atoms with Crippen LogP contribution in [0.1, 0.15) is 18.1 Å². The number of guanidine groups is 1. The molecule has 0 fully saturated rings. The first-order valence-corrected chi connectivity index (χ1v) is 9.66. The Morgan fingerprint density at radius 2 is 1.83 bits per heavy atom. The molecule has 2 N–H and O–H groups in total. The highest BCUT2D eigenvalue weighted by molar-refractivity contribution is 14.0. The molecule has 0 aliphatic heterocycles. The van der Waals surface area contributed by atoms with Crippen LogP contribution in [0.4, 0.5) is 4.39 Å². The van der Waals surface area contributed by atoms with Crippen LogP contribution in [0.2, 0.25) is 0 Å². The van der Waals surface area contributed by atoms with Gasteiger partial charge in [0.1, 0.15) is 11.6 Å². The molecule has 0 aromatic heterocycles. The van der Waals surface area contributed by atoms with Crippen LogP contribution in [0, 0.1) is 5.82 Å². The second kappa shape index (κ2) is 13.8. The second-order valence-corrected chi connectivity index (χ2v) is 6.73. The smallest absolute Gasteiger partial charge is 0.259 e. The molecule has 0 heterocycles. The number of amides is 1. The van der Waals surface area contributed by atoms with Gasteiger partial charge in [0, 0.05) is 27.2 Å². The summed E-state index contributed by atoms with van der Waals surface area (Å²) < 4.78 is 18.8. The van der Waals surface area contributed by atoms with E-state index < -0.39 is 0 Å². The van der Waals surface area contributed by atoms with Gasteiger partial charge >= 0.3 is 0 Å². The molecule has 30 heavy (non-hydrogen) atoms. The molecular formula is C22H30FIN4O2. The van der Waals surface area contributed by atoms with Gasteiger partial charge in [0.05, 0.1) is 6.54 Å². The molecule has 0 unspecified atom stereocenters. The zero-order chi connectivity index (χ0) is 21.1. The highest BCUT2D eigenvalue weighted by Gasteiger charge is 2.05. The molecule has 6 nitrogen and oxygen atoms in total. The number of aliphatic imine (C=N–C) groups is 1. The van der Waals surface area contributed by atoms with E-state index in [2.05, 4.69) is 15.6 Å². The number of nitrogens with zero attached hydrogens (tertiary/aromatic N) is 2. The minimum Gasteiger partial charge on any atom is -0.484 e. The van der Waals surface area contributed by atoms with Gasteiger partial charge in [-0.2, -0.15) is 0 Å². The summed E-state index contributed by atoms with van der Waals surface area (Å²) in [5.74, 6) is 1.01. The zero-order valence-corrected chi connectivity index (χ0v) is 20.0. The molecule has 0 spiro atoms. The molecule has 2 rings (SSSR count). The van der Waals surface area contributed by atoms with Crippen LogP contribution in [0.3, 0.4) is 0 Å². The number of halogens is 2. The van der Waals surface area contributed by atoms with Crippen molar-refractivity contribution < 1.29 is 13.9 Å². The van der Waals surface area contributed by atoms with Gasteiger partial charge < -0.3 is 20.3 Å². The van der Waals surface area contributed by atoms with Crippen molar-refractivity contribution in [3.63, 3.8) is 0 Å². The Bertz CT molecular complexity index is 830. The monoisotopic (exact) mass is 528 g/mol. The maximum absolute atomic E-state index is 13.3. The average Bonchev–Trinajstić information content (AvgIpc) is 2.70. The molecule has 0 aliphatic carbocycles. The van der Waals surface area contributed by atoms with E-state index in [0.717, 1.165) is 17.7 Å². The van der Waals surface area contributed by atoms with Gasteiger partial charge in [0.25, 0.3) is 5.91 Å². The van der Waals surface area contributed by atoms with Gasteiger partial charge in [0.15, 0.2) is 12.6 Å². The number of nitrogens with one attached hydrogen (secondary N) is 2. The van der Waals surface area contributed by atoms with Crippen LogP contribution in [0.25, 0.3) is 0 Å². The van der Waals surface area contributed by atoms with Crippen molar-refractivity contribution in [2.75, 3.05) is 33.8 Å². The SMILES string of the molecule is CCNC(=NCc1cccc(OCC(=O)N(C)C)c1)NCCc1cccc(F)c1.I. The van der Waals surface area contributed by atoms with E-state index in [1.54, 1.807) is 20.2 Å². The number of ether oxygens (including phenoxy) is 1. The van der Waals surface area contributed by atoms with Crippen molar-refractivity contribution in [2.24, 2.45) is 4.99 Å². The lowest BCUT2D eigenvalue weighted by molar-refractivity contribution is -0.130. The van der Waals surface area contributed by atoms with E-state index in [-0.39, 0.29) is 42.3 Å². The van der Waals surface area contributed by atoms with Crippen molar-refractivity contribution >= 4 is 35.8 Å². The number of hydrogen-bond acceptors (Lipinski definition) is 3. The van der Waals surface area contributed by atoms with Gasteiger partial charge in [-0.25, -0.2) is 9.38 Å². The fourth-order valence-electron chi connectivity index (χ4n) is 2.54. The lowest BCUT2D eigenvalue weighted by Gasteiger charge is -2.13. The number of carbonyl (C=O) groups is 1. The molecule has 2 aromatic carbocycles. The highest BCUT2D eigenvalue weighted by atomic mass is 127. The van der Waals surface area contributed by atoms with Crippen molar-refractivity contribution in [1.82, 2.24) is 15.5 Å². The lowest BCUT2D eigenvalue weighted by atomic mass is 10.1. The fraction of sp³-hybridized carbons (Fsp3) is 0.364. The van der Waals surface area contributed by atoms with E-state index in [9.17, 15) is 9.18 Å². The first-order chi connectivity index (χ1) is 14.0. The Balaban J connectivity index is 0.00000450. The Morgan fingerprint density at radius 1 is 1.10 bits per heavy atom. The number of benzene rings is 2. The third-order valence-corrected chi connectivity index (χ3v) is 4.12. The van der Waals surface area contributed by atoms with Crippen molar-refractivity contribution in [2.45, 2.75) is 19.9 Å². The Labute approximate surface area is 194 Å². The van der Waals surface area contributed by atoms with Crippen LogP contribution in [0.5, 0.6) is 5.75 Å². The van der Waals surface area contributed by atoms with Crippen LogP contribution in [0.15, 0.2) is 53.5 Å². The molecule has 8 heteroatoms. The van der Waals surface area contributed by atoms with Crippen LogP contribution in [-0.4, -0.2) is 50.6 Å².